The fourth-order valence-corrected chi connectivity index (χ4v) is 2.92. The summed E-state index contributed by atoms with van der Waals surface area (Å²) in [6, 6.07) is 20.1. The van der Waals surface area contributed by atoms with Crippen molar-refractivity contribution in [2.24, 2.45) is 5.73 Å². The lowest BCUT2D eigenvalue weighted by Crippen LogP contribution is -2.10. The first-order valence-electron chi connectivity index (χ1n) is 8.35. The van der Waals surface area contributed by atoms with Gasteiger partial charge in [-0.1, -0.05) is 24.3 Å². The van der Waals surface area contributed by atoms with Crippen LogP contribution in [0.1, 0.15) is 10.4 Å². The van der Waals surface area contributed by atoms with Crippen molar-refractivity contribution in [1.29, 1.82) is 0 Å². The Balaban J connectivity index is 1.63. The molecule has 4 aromatic rings. The molecule has 0 atom stereocenters. The van der Waals surface area contributed by atoms with Crippen LogP contribution in [0, 0.1) is 0 Å². The van der Waals surface area contributed by atoms with Crippen LogP contribution in [0.15, 0.2) is 77.7 Å². The Labute approximate surface area is 154 Å². The van der Waals surface area contributed by atoms with Crippen LogP contribution in [0.25, 0.3) is 22.2 Å². The highest BCUT2D eigenvalue weighted by Gasteiger charge is 2.05. The minimum absolute atomic E-state index is 0.185. The number of nitrogens with two attached hydrogens (primary N) is 1. The molecule has 27 heavy (non-hydrogen) atoms. The van der Waals surface area contributed by atoms with Gasteiger partial charge in [-0.05, 0) is 47.5 Å². The molecule has 0 fully saturated rings. The smallest absolute Gasteiger partial charge is 0.249 e. The molecular weight excluding hydrogens is 340 g/mol. The number of amides is 1. The number of aromatic nitrogens is 2. The lowest BCUT2D eigenvalue weighted by molar-refractivity contribution is 0.100. The maximum atomic E-state index is 11.4. The van der Waals surface area contributed by atoms with E-state index in [1.807, 2.05) is 42.5 Å². The number of carbonyl (C=O) groups is 1. The standard InChI is InChI=1S/C21H16N4O2/c22-20(27)15-3-1-2-14(12-15)13-4-6-16(7-5-13)24-18-10-11-23-21-17(18)8-9-19(26)25-21/h1-12H,(H2,22,27)(H2,23,24,25,26). The molecule has 4 N–H and O–H groups in total. The second-order valence-corrected chi connectivity index (χ2v) is 6.09. The minimum atomic E-state index is -0.447. The summed E-state index contributed by atoms with van der Waals surface area (Å²) in [7, 11) is 0. The number of rotatable bonds is 4. The van der Waals surface area contributed by atoms with E-state index >= 15 is 0 Å². The van der Waals surface area contributed by atoms with Gasteiger partial charge in [-0.15, -0.1) is 0 Å². The van der Waals surface area contributed by atoms with Gasteiger partial charge in [0.05, 0.1) is 5.69 Å². The number of fused-ring (bicyclic) bond motifs is 1. The van der Waals surface area contributed by atoms with Crippen LogP contribution >= 0.6 is 0 Å². The van der Waals surface area contributed by atoms with Gasteiger partial charge in [0.15, 0.2) is 0 Å². The largest absolute Gasteiger partial charge is 0.366 e. The zero-order chi connectivity index (χ0) is 18.8. The second-order valence-electron chi connectivity index (χ2n) is 6.09. The third-order valence-corrected chi connectivity index (χ3v) is 4.28. The highest BCUT2D eigenvalue weighted by Crippen LogP contribution is 2.26. The molecule has 0 saturated heterocycles. The van der Waals surface area contributed by atoms with Crippen LogP contribution in [-0.2, 0) is 0 Å². The number of nitrogens with zero attached hydrogens (tertiary/aromatic N) is 1. The Morgan fingerprint density at radius 3 is 2.56 bits per heavy atom. The Hall–Kier alpha value is -3.93. The fourth-order valence-electron chi connectivity index (χ4n) is 2.92. The molecule has 0 aliphatic carbocycles. The monoisotopic (exact) mass is 356 g/mol. The van der Waals surface area contributed by atoms with E-state index in [0.29, 0.717) is 11.2 Å². The number of benzene rings is 2. The van der Waals surface area contributed by atoms with Crippen LogP contribution in [0.5, 0.6) is 0 Å². The van der Waals surface area contributed by atoms with Crippen LogP contribution in [-0.4, -0.2) is 15.9 Å². The predicted octanol–water partition coefficient (Wildman–Crippen LogP) is 3.43. The molecule has 0 saturated carbocycles. The Bertz CT molecular complexity index is 1200. The van der Waals surface area contributed by atoms with Gasteiger partial charge in [-0.25, -0.2) is 4.98 Å². The van der Waals surface area contributed by atoms with E-state index < -0.39 is 5.91 Å². The molecule has 2 heterocycles. The maximum Gasteiger partial charge on any atom is 0.249 e. The topological polar surface area (TPSA) is 101 Å². The number of primary amides is 1. The summed E-state index contributed by atoms with van der Waals surface area (Å²) in [4.78, 5) is 29.7. The Morgan fingerprint density at radius 1 is 0.963 bits per heavy atom. The van der Waals surface area contributed by atoms with E-state index in [1.54, 1.807) is 24.4 Å². The molecule has 6 nitrogen and oxygen atoms in total. The average molecular weight is 356 g/mol. The molecule has 6 heteroatoms. The van der Waals surface area contributed by atoms with E-state index in [2.05, 4.69) is 15.3 Å². The van der Waals surface area contributed by atoms with E-state index in [0.717, 1.165) is 27.9 Å². The number of hydrogen-bond donors (Lipinski definition) is 3. The fraction of sp³-hybridized carbons (Fsp3) is 0. The van der Waals surface area contributed by atoms with E-state index in [4.69, 9.17) is 5.73 Å². The number of hydrogen-bond acceptors (Lipinski definition) is 4. The van der Waals surface area contributed by atoms with Gasteiger partial charge in [0.2, 0.25) is 11.5 Å². The molecule has 2 aromatic carbocycles. The summed E-state index contributed by atoms with van der Waals surface area (Å²) in [5.74, 6) is -0.447. The third-order valence-electron chi connectivity index (χ3n) is 4.28. The summed E-state index contributed by atoms with van der Waals surface area (Å²) in [5, 5.41) is 4.17. The third kappa shape index (κ3) is 3.41. The lowest BCUT2D eigenvalue weighted by atomic mass is 10.0. The number of nitrogens with one attached hydrogen (secondary N) is 2. The van der Waals surface area contributed by atoms with Crippen LogP contribution in [0.4, 0.5) is 11.4 Å². The van der Waals surface area contributed by atoms with Crippen molar-refractivity contribution in [3.05, 3.63) is 88.8 Å². The van der Waals surface area contributed by atoms with Crippen molar-refractivity contribution in [2.45, 2.75) is 0 Å². The minimum Gasteiger partial charge on any atom is -0.366 e. The van der Waals surface area contributed by atoms with Crippen molar-refractivity contribution in [3.63, 3.8) is 0 Å². The lowest BCUT2D eigenvalue weighted by Gasteiger charge is -2.10. The Morgan fingerprint density at radius 2 is 1.78 bits per heavy atom. The molecule has 0 unspecified atom stereocenters. The zero-order valence-corrected chi connectivity index (χ0v) is 14.3. The highest BCUT2D eigenvalue weighted by molar-refractivity contribution is 5.94. The summed E-state index contributed by atoms with van der Waals surface area (Å²) < 4.78 is 0. The number of anilines is 2. The Kier molecular flexibility index (Phi) is 4.14. The van der Waals surface area contributed by atoms with Crippen molar-refractivity contribution in [1.82, 2.24) is 9.97 Å². The molecule has 0 spiro atoms. The number of H-pyrrole nitrogens is 1. The quantitative estimate of drug-likeness (QED) is 0.521. The van der Waals surface area contributed by atoms with Crippen LogP contribution < -0.4 is 16.6 Å². The second kappa shape index (κ2) is 6.76. The van der Waals surface area contributed by atoms with Crippen molar-refractivity contribution >= 4 is 28.3 Å². The number of aromatic amines is 1. The van der Waals surface area contributed by atoms with Crippen molar-refractivity contribution < 1.29 is 4.79 Å². The van der Waals surface area contributed by atoms with Crippen molar-refractivity contribution in [2.75, 3.05) is 5.32 Å². The van der Waals surface area contributed by atoms with E-state index in [9.17, 15) is 9.59 Å². The highest BCUT2D eigenvalue weighted by atomic mass is 16.1. The number of carbonyl (C=O) groups excluding carboxylic acids is 1. The first-order valence-corrected chi connectivity index (χ1v) is 8.35. The van der Waals surface area contributed by atoms with Gasteiger partial charge in [-0.2, -0.15) is 0 Å². The predicted molar refractivity (Wildman–Crippen MR) is 106 cm³/mol. The molecule has 2 aromatic heterocycles. The van der Waals surface area contributed by atoms with Gasteiger partial charge < -0.3 is 16.0 Å². The van der Waals surface area contributed by atoms with Gasteiger partial charge in [0.25, 0.3) is 0 Å². The molecule has 4 rings (SSSR count). The van der Waals surface area contributed by atoms with Crippen molar-refractivity contribution in [3.8, 4) is 11.1 Å². The molecule has 1 amide bonds. The summed E-state index contributed by atoms with van der Waals surface area (Å²) in [5.41, 5.74) is 9.82. The molecule has 0 bridgehead atoms. The van der Waals surface area contributed by atoms with Gasteiger partial charge >= 0.3 is 0 Å². The first-order chi connectivity index (χ1) is 13.1. The van der Waals surface area contributed by atoms with Crippen LogP contribution in [0.3, 0.4) is 0 Å². The molecule has 0 aliphatic rings. The molecule has 0 aliphatic heterocycles. The van der Waals surface area contributed by atoms with E-state index in [1.165, 1.54) is 6.07 Å². The van der Waals surface area contributed by atoms with E-state index in [-0.39, 0.29) is 5.56 Å². The molecule has 0 radical (unpaired) electrons. The SMILES string of the molecule is NC(=O)c1cccc(-c2ccc(Nc3ccnc4[nH]c(=O)ccc34)cc2)c1. The number of pyridine rings is 2. The maximum absolute atomic E-state index is 11.4. The summed E-state index contributed by atoms with van der Waals surface area (Å²) >= 11 is 0. The van der Waals surface area contributed by atoms with Gasteiger partial charge in [0, 0.05) is 28.9 Å². The van der Waals surface area contributed by atoms with Crippen LogP contribution in [0.2, 0.25) is 0 Å². The van der Waals surface area contributed by atoms with Gasteiger partial charge in [0.1, 0.15) is 5.65 Å². The summed E-state index contributed by atoms with van der Waals surface area (Å²) in [6.45, 7) is 0. The summed E-state index contributed by atoms with van der Waals surface area (Å²) in [6.07, 6.45) is 1.64. The first kappa shape index (κ1) is 16.5. The molecular formula is C21H16N4O2. The normalized spacial score (nSPS) is 10.7. The van der Waals surface area contributed by atoms with Gasteiger partial charge in [-0.3, -0.25) is 9.59 Å². The molecule has 132 valence electrons. The average Bonchev–Trinajstić information content (AvgIpc) is 2.68. The zero-order valence-electron chi connectivity index (χ0n) is 14.3.